The van der Waals surface area contributed by atoms with Crippen molar-refractivity contribution in [2.75, 3.05) is 67.1 Å². The van der Waals surface area contributed by atoms with E-state index in [9.17, 15) is 58.8 Å². The number of esters is 4. The van der Waals surface area contributed by atoms with Crippen molar-refractivity contribution >= 4 is 47.8 Å². The Kier molecular flexibility index (Phi) is 37.5. The summed E-state index contributed by atoms with van der Waals surface area (Å²) in [6, 6.07) is 23.1. The normalized spacial score (nSPS) is 25.8. The number of ether oxygens (including phenoxy) is 10. The molecule has 0 saturated heterocycles. The molecule has 12 rings (SSSR count). The van der Waals surface area contributed by atoms with Crippen molar-refractivity contribution in [1.82, 2.24) is 0 Å². The summed E-state index contributed by atoms with van der Waals surface area (Å²) < 4.78 is 53.5. The van der Waals surface area contributed by atoms with Crippen molar-refractivity contribution in [3.63, 3.8) is 0 Å². The van der Waals surface area contributed by atoms with Gasteiger partial charge < -0.3 is 98.4 Å². The lowest BCUT2D eigenvalue weighted by Gasteiger charge is -2.32. The Morgan fingerprint density at radius 2 is 0.617 bits per heavy atom. The summed E-state index contributed by atoms with van der Waals surface area (Å²) in [5, 5.41) is 96.4. The van der Waals surface area contributed by atoms with Crippen molar-refractivity contribution in [2.45, 2.75) is 243 Å². The van der Waals surface area contributed by atoms with E-state index in [-0.39, 0.29) is 137 Å². The van der Waals surface area contributed by atoms with E-state index in [0.29, 0.717) is 103 Å². The summed E-state index contributed by atoms with van der Waals surface area (Å²) >= 11 is 0. The number of aliphatic hydroxyl groups is 6. The van der Waals surface area contributed by atoms with Crippen molar-refractivity contribution < 1.29 is 137 Å². The summed E-state index contributed by atoms with van der Waals surface area (Å²) in [5.74, 6) is 0.435. The molecule has 10 N–H and O–H groups in total. The third kappa shape index (κ3) is 26.8. The van der Waals surface area contributed by atoms with Gasteiger partial charge in [-0.1, -0.05) is 76.2 Å². The fourth-order valence-corrected chi connectivity index (χ4v) is 20.5. The molecule has 0 heterocycles. The fraction of sp³-hybridized carbons (Fsp3) is 0.652. The molecule has 0 spiro atoms. The van der Waals surface area contributed by atoms with Gasteiger partial charge in [0.15, 0.2) is 26.4 Å². The zero-order valence-electron chi connectivity index (χ0n) is 70.3. The van der Waals surface area contributed by atoms with Gasteiger partial charge in [-0.15, -0.1) is 0 Å². The molecular formula is C92H128O28. The number of carboxylic acids is 4. The minimum atomic E-state index is -1.000. The summed E-state index contributed by atoms with van der Waals surface area (Å²) in [7, 11) is 3.03. The van der Waals surface area contributed by atoms with Crippen molar-refractivity contribution in [3.8, 4) is 23.0 Å². The molecule has 4 aromatic carbocycles. The monoisotopic (exact) mass is 1680 g/mol. The average molecular weight is 1680 g/mol. The molecule has 8 aliphatic carbocycles. The van der Waals surface area contributed by atoms with Gasteiger partial charge in [0.25, 0.3) is 0 Å². The third-order valence-corrected chi connectivity index (χ3v) is 26.3. The van der Waals surface area contributed by atoms with Gasteiger partial charge in [0.2, 0.25) is 0 Å². The van der Waals surface area contributed by atoms with E-state index in [4.69, 9.17) is 78.0 Å². The van der Waals surface area contributed by atoms with Crippen LogP contribution in [0.5, 0.6) is 23.0 Å². The highest BCUT2D eigenvalue weighted by atomic mass is 16.6. The first-order valence-electron chi connectivity index (χ1n) is 43.2. The fourth-order valence-electron chi connectivity index (χ4n) is 20.5. The van der Waals surface area contributed by atoms with E-state index in [1.165, 1.54) is 23.8 Å². The van der Waals surface area contributed by atoms with Crippen molar-refractivity contribution in [1.29, 1.82) is 0 Å². The van der Waals surface area contributed by atoms with Crippen LogP contribution >= 0.6 is 0 Å². The van der Waals surface area contributed by atoms with Crippen molar-refractivity contribution in [3.05, 3.63) is 117 Å². The number of carbonyl (C=O) groups excluding carboxylic acids is 4. The van der Waals surface area contributed by atoms with Crippen LogP contribution in [0.15, 0.2) is 72.8 Å². The Bertz CT molecular complexity index is 3870. The van der Waals surface area contributed by atoms with Crippen LogP contribution in [0.3, 0.4) is 0 Å². The van der Waals surface area contributed by atoms with Crippen LogP contribution in [0, 0.1) is 71.0 Å². The van der Waals surface area contributed by atoms with Gasteiger partial charge >= 0.3 is 47.8 Å². The maximum absolute atomic E-state index is 11.9. The number of rotatable bonds is 40. The van der Waals surface area contributed by atoms with Crippen molar-refractivity contribution in [2.24, 2.45) is 71.0 Å². The molecule has 28 nitrogen and oxygen atoms in total. The highest BCUT2D eigenvalue weighted by molar-refractivity contribution is 5.72. The zero-order valence-corrected chi connectivity index (χ0v) is 70.3. The Hall–Kier alpha value is -8.48. The Morgan fingerprint density at radius 3 is 0.858 bits per heavy atom. The van der Waals surface area contributed by atoms with E-state index in [1.807, 2.05) is 76.2 Å². The van der Waals surface area contributed by atoms with E-state index >= 15 is 0 Å². The van der Waals surface area contributed by atoms with E-state index in [2.05, 4.69) is 24.3 Å². The molecule has 0 bridgehead atoms. The number of hydrogen-bond acceptors (Lipinski definition) is 24. The topological polar surface area (TPSA) is 431 Å². The Labute approximate surface area is 703 Å². The predicted octanol–water partition coefficient (Wildman–Crippen LogP) is 9.91. The zero-order chi connectivity index (χ0) is 86.7. The Balaban J connectivity index is 0.000000182. The lowest BCUT2D eigenvalue weighted by atomic mass is 9.73. The first kappa shape index (κ1) is 95.4. The van der Waals surface area contributed by atoms with Crippen LogP contribution in [0.2, 0.25) is 0 Å². The van der Waals surface area contributed by atoms with Gasteiger partial charge in [0.05, 0.1) is 50.5 Å². The summed E-state index contributed by atoms with van der Waals surface area (Å²) in [5.41, 5.74) is 8.97. The summed E-state index contributed by atoms with van der Waals surface area (Å²) in [6.07, 6.45) is 16.4. The first-order chi connectivity index (χ1) is 57.7. The quantitative estimate of drug-likeness (QED) is 0.0146. The molecule has 4 saturated carbocycles. The van der Waals surface area contributed by atoms with Crippen LogP contribution in [0.4, 0.5) is 0 Å². The second-order valence-corrected chi connectivity index (χ2v) is 33.7. The SMILES string of the molecule is CC[C@@H](CC[C@@H]1[C@H]2Cc3cccc(OCC(=O)O)c3C[C@H]2C[C@H]1O)OC(=O)CCO.CC[C@@H](CC[C@@H]1[C@H]2Cc3cccc(OCC(=O)O)c3C[C@H]2C[C@H]1O)OC(=O)CCOC.CC[C@@H](CC[C@@H]1[C@H]2Cc3cccc(OCC(=O)O)c3C[C@H]2C[C@H]1O)OC(=O)CO.CC[C@@H](CC[C@@H]1[C@H]2Cc3cccc(OCC(=O)O)c3C[C@H]2C[C@H]1O)OC(=O)COC. The van der Waals surface area contributed by atoms with Crippen LogP contribution in [-0.2, 0) is 118 Å². The molecule has 8 aliphatic rings. The molecule has 0 unspecified atom stereocenters. The van der Waals surface area contributed by atoms with Gasteiger partial charge in [0, 0.05) is 14.2 Å². The minimum Gasteiger partial charge on any atom is -0.482 e. The Morgan fingerprint density at radius 1 is 0.350 bits per heavy atom. The molecule has 0 aromatic heterocycles. The maximum atomic E-state index is 11.9. The largest absolute Gasteiger partial charge is 0.482 e. The van der Waals surface area contributed by atoms with Gasteiger partial charge in [-0.25, -0.2) is 28.8 Å². The highest BCUT2D eigenvalue weighted by Gasteiger charge is 2.50. The number of methoxy groups -OCH3 is 2. The summed E-state index contributed by atoms with van der Waals surface area (Å²) in [6.45, 7) is 5.99. The standard InChI is InChI=1S/C24H34O7.2C23H32O7.C22H30O7/c1-3-17(31-24(28)9-10-29-2)7-8-18-19-11-15-5-4-6-22(30-14-23(26)27)20(15)12-16(19)13-21(18)25;1-3-16(30-23(27)13-28-2)7-8-17-18-9-14-5-4-6-21(29-12-22(25)26)19(14)10-15(18)11-20(17)24;1-2-16(30-23(28)8-9-24)6-7-17-18-10-14-4-3-5-21(29-13-22(26)27)19(14)11-15(18)12-20(17)25;1-2-15(29-22(27)11-23)6-7-16-17-8-13-4-3-5-20(28-12-21(25)26)18(13)9-14(17)10-19(16)24/h4-6,16-19,21,25H,3,7-14H2,1-2H3,(H,26,27);4-6,15-18,20,24H,3,7-13H2,1-2H3,(H,25,26);3-5,15-18,20,24-25H,2,6-13H2,1H3,(H,26,27);3-5,14-17,19,23-24H,2,6-12H2,1H3,(H,25,26)/t16-,17-,18+,19-,21+;2*15-,16-,17+,18-,20+;14-,15-,16+,17-,19+/m0000/s1. The molecule has 28 heteroatoms. The molecular weight excluding hydrogens is 1550 g/mol. The van der Waals surface area contributed by atoms with Crippen LogP contribution in [-0.4, -0.2) is 215 Å². The van der Waals surface area contributed by atoms with Gasteiger partial charge in [-0.05, 0) is 294 Å². The summed E-state index contributed by atoms with van der Waals surface area (Å²) in [4.78, 5) is 90.2. The predicted molar refractivity (Wildman–Crippen MR) is 437 cm³/mol. The number of carbonyl (C=O) groups is 8. The van der Waals surface area contributed by atoms with Crippen LogP contribution in [0.1, 0.15) is 188 Å². The molecule has 120 heavy (non-hydrogen) atoms. The van der Waals surface area contributed by atoms with Gasteiger partial charge in [0.1, 0.15) is 60.6 Å². The molecule has 0 amide bonds. The van der Waals surface area contributed by atoms with E-state index in [1.54, 1.807) is 7.11 Å². The second-order valence-electron chi connectivity index (χ2n) is 33.7. The lowest BCUT2D eigenvalue weighted by Crippen LogP contribution is -2.29. The van der Waals surface area contributed by atoms with Crippen LogP contribution in [0.25, 0.3) is 0 Å². The number of fused-ring (bicyclic) bond motifs is 8. The molecule has 4 aromatic rings. The minimum absolute atomic E-state index is 0.0102. The molecule has 0 radical (unpaired) electrons. The molecule has 664 valence electrons. The number of aliphatic carboxylic acids is 4. The third-order valence-electron chi connectivity index (χ3n) is 26.3. The number of benzene rings is 4. The first-order valence-corrected chi connectivity index (χ1v) is 43.2. The molecule has 0 aliphatic heterocycles. The average Bonchev–Trinajstić information content (AvgIpc) is 1.28. The number of carboxylic acid groups (broad SMARTS) is 4. The number of hydrogen-bond donors (Lipinski definition) is 10. The van der Waals surface area contributed by atoms with Gasteiger partial charge in [-0.3, -0.25) is 9.59 Å². The van der Waals surface area contributed by atoms with E-state index < -0.39 is 42.6 Å². The van der Waals surface area contributed by atoms with E-state index in [0.717, 1.165) is 156 Å². The lowest BCUT2D eigenvalue weighted by molar-refractivity contribution is -0.154. The molecule has 20 atom stereocenters. The highest BCUT2D eigenvalue weighted by Crippen LogP contribution is 2.53. The van der Waals surface area contributed by atoms with Crippen LogP contribution < -0.4 is 18.9 Å². The molecule has 4 fully saturated rings. The smallest absolute Gasteiger partial charge is 0.341 e. The second kappa shape index (κ2) is 47.2. The maximum Gasteiger partial charge on any atom is 0.341 e. The van der Waals surface area contributed by atoms with Gasteiger partial charge in [-0.2, -0.15) is 0 Å². The number of aliphatic hydroxyl groups excluding tert-OH is 6.